The molecule has 2 aliphatic rings. The van der Waals surface area contributed by atoms with Crippen LogP contribution in [-0.4, -0.2) is 60.1 Å². The molecule has 4 rings (SSSR count). The lowest BCUT2D eigenvalue weighted by Gasteiger charge is -2.34. The minimum absolute atomic E-state index is 0.174. The Kier molecular flexibility index (Phi) is 4.99. The Morgan fingerprint density at radius 1 is 1.12 bits per heavy atom. The number of halogens is 1. The Balaban J connectivity index is 1.27. The molecule has 0 bridgehead atoms. The molecule has 3 heterocycles. The highest BCUT2D eigenvalue weighted by Gasteiger charge is 2.27. The number of rotatable bonds is 5. The van der Waals surface area contributed by atoms with Crippen molar-refractivity contribution in [1.82, 2.24) is 15.0 Å². The first-order chi connectivity index (χ1) is 12.7. The Morgan fingerprint density at radius 2 is 1.88 bits per heavy atom. The van der Waals surface area contributed by atoms with Gasteiger partial charge in [-0.3, -0.25) is 14.6 Å². The van der Waals surface area contributed by atoms with Gasteiger partial charge in [0.15, 0.2) is 5.76 Å². The van der Waals surface area contributed by atoms with Crippen LogP contribution >= 0.6 is 0 Å². The van der Waals surface area contributed by atoms with Crippen molar-refractivity contribution in [2.75, 3.05) is 44.2 Å². The number of carbonyl (C=O) groups excluding carboxylic acids is 1. The summed E-state index contributed by atoms with van der Waals surface area (Å²) in [5.74, 6) is 0.447. The van der Waals surface area contributed by atoms with Crippen molar-refractivity contribution in [2.45, 2.75) is 19.6 Å². The largest absolute Gasteiger partial charge is 0.358 e. The van der Waals surface area contributed by atoms with E-state index in [-0.39, 0.29) is 11.7 Å². The molecule has 6 nitrogen and oxygen atoms in total. The molecule has 2 aromatic rings. The summed E-state index contributed by atoms with van der Waals surface area (Å²) in [5, 5.41) is 3.89. The first kappa shape index (κ1) is 17.2. The second-order valence-electron chi connectivity index (χ2n) is 6.89. The van der Waals surface area contributed by atoms with Gasteiger partial charge in [-0.2, -0.15) is 0 Å². The maximum atomic E-state index is 12.7. The topological polar surface area (TPSA) is 52.8 Å². The third kappa shape index (κ3) is 3.64. The van der Waals surface area contributed by atoms with Crippen LogP contribution in [-0.2, 0) is 24.4 Å². The number of carbonyl (C=O) groups is 1. The quantitative estimate of drug-likeness (QED) is 0.817. The van der Waals surface area contributed by atoms with Crippen LogP contribution in [0, 0.1) is 0 Å². The second kappa shape index (κ2) is 7.55. The molecule has 0 saturated carbocycles. The van der Waals surface area contributed by atoms with Gasteiger partial charge in [-0.05, 0) is 18.1 Å². The van der Waals surface area contributed by atoms with E-state index in [2.05, 4.69) is 21.0 Å². The van der Waals surface area contributed by atoms with Crippen molar-refractivity contribution in [3.63, 3.8) is 0 Å². The van der Waals surface area contributed by atoms with Gasteiger partial charge in [0.25, 0.3) is 0 Å². The highest BCUT2D eigenvalue weighted by Crippen LogP contribution is 2.27. The number of para-hydroxylation sites is 1. The summed E-state index contributed by atoms with van der Waals surface area (Å²) in [6.45, 7) is 4.68. The fourth-order valence-electron chi connectivity index (χ4n) is 3.70. The van der Waals surface area contributed by atoms with Gasteiger partial charge in [0.2, 0.25) is 5.91 Å². The number of alkyl halides is 1. The summed E-state index contributed by atoms with van der Waals surface area (Å²) >= 11 is 0. The molecule has 138 valence electrons. The zero-order chi connectivity index (χ0) is 17.9. The van der Waals surface area contributed by atoms with Crippen LogP contribution in [0.5, 0.6) is 0 Å². The summed E-state index contributed by atoms with van der Waals surface area (Å²) in [7, 11) is 0. The van der Waals surface area contributed by atoms with E-state index in [4.69, 9.17) is 4.52 Å². The van der Waals surface area contributed by atoms with Crippen LogP contribution in [0.1, 0.15) is 17.0 Å². The molecule has 1 fully saturated rings. The average Bonchev–Trinajstić information content (AvgIpc) is 3.30. The average molecular weight is 358 g/mol. The molecule has 0 spiro atoms. The molecule has 1 saturated heterocycles. The standard InChI is InChI=1S/C19H23FN4O2/c20-12-17-11-16(21-26-17)13-22-7-9-23(10-8-22)14-19(25)24-6-5-15-3-1-2-4-18(15)24/h1-4,11H,5-10,12-14H2. The lowest BCUT2D eigenvalue weighted by molar-refractivity contribution is -0.120. The molecule has 1 aromatic heterocycles. The van der Waals surface area contributed by atoms with Crippen molar-refractivity contribution in [3.05, 3.63) is 47.3 Å². The molecule has 2 aliphatic heterocycles. The van der Waals surface area contributed by atoms with E-state index in [9.17, 15) is 9.18 Å². The number of anilines is 1. The normalized spacial score (nSPS) is 18.3. The summed E-state index contributed by atoms with van der Waals surface area (Å²) in [6, 6.07) is 9.81. The Morgan fingerprint density at radius 3 is 2.65 bits per heavy atom. The maximum Gasteiger partial charge on any atom is 0.241 e. The number of hydrogen-bond acceptors (Lipinski definition) is 5. The zero-order valence-corrected chi connectivity index (χ0v) is 14.7. The molecule has 0 atom stereocenters. The number of fused-ring (bicyclic) bond motifs is 1. The van der Waals surface area contributed by atoms with Crippen LogP contribution < -0.4 is 4.90 Å². The Bertz CT molecular complexity index is 770. The highest BCUT2D eigenvalue weighted by atomic mass is 19.1. The zero-order valence-electron chi connectivity index (χ0n) is 14.7. The van der Waals surface area contributed by atoms with Gasteiger partial charge in [0, 0.05) is 51.0 Å². The Hall–Kier alpha value is -2.25. The smallest absolute Gasteiger partial charge is 0.241 e. The first-order valence-corrected chi connectivity index (χ1v) is 9.06. The van der Waals surface area contributed by atoms with Crippen molar-refractivity contribution in [3.8, 4) is 0 Å². The van der Waals surface area contributed by atoms with Crippen LogP contribution in [0.2, 0.25) is 0 Å². The fraction of sp³-hybridized carbons (Fsp3) is 0.474. The van der Waals surface area contributed by atoms with Gasteiger partial charge >= 0.3 is 0 Å². The van der Waals surface area contributed by atoms with Crippen LogP contribution in [0.3, 0.4) is 0 Å². The number of nitrogens with zero attached hydrogens (tertiary/aromatic N) is 4. The van der Waals surface area contributed by atoms with Gasteiger partial charge in [-0.15, -0.1) is 0 Å². The van der Waals surface area contributed by atoms with E-state index < -0.39 is 6.67 Å². The molecular formula is C19H23FN4O2. The third-order valence-electron chi connectivity index (χ3n) is 5.14. The number of hydrogen-bond donors (Lipinski definition) is 0. The van der Waals surface area contributed by atoms with E-state index in [1.165, 1.54) is 5.56 Å². The molecule has 1 amide bonds. The number of amides is 1. The summed E-state index contributed by atoms with van der Waals surface area (Å²) in [6.07, 6.45) is 0.939. The van der Waals surface area contributed by atoms with Crippen LogP contribution in [0.25, 0.3) is 0 Å². The molecule has 0 unspecified atom stereocenters. The molecule has 1 aromatic carbocycles. The van der Waals surface area contributed by atoms with E-state index >= 15 is 0 Å². The maximum absolute atomic E-state index is 12.7. The highest BCUT2D eigenvalue weighted by molar-refractivity contribution is 5.96. The lowest BCUT2D eigenvalue weighted by Crippen LogP contribution is -2.49. The van der Waals surface area contributed by atoms with E-state index in [1.807, 2.05) is 23.1 Å². The Labute approximate surface area is 152 Å². The van der Waals surface area contributed by atoms with Crippen LogP contribution in [0.4, 0.5) is 10.1 Å². The minimum Gasteiger partial charge on any atom is -0.358 e. The molecule has 0 radical (unpaired) electrons. The van der Waals surface area contributed by atoms with Gasteiger partial charge in [0.05, 0.1) is 12.2 Å². The number of aromatic nitrogens is 1. The van der Waals surface area contributed by atoms with Gasteiger partial charge in [-0.25, -0.2) is 4.39 Å². The summed E-state index contributed by atoms with van der Waals surface area (Å²) in [4.78, 5) is 19.1. The van der Waals surface area contributed by atoms with Crippen molar-refractivity contribution in [2.24, 2.45) is 0 Å². The van der Waals surface area contributed by atoms with Crippen molar-refractivity contribution >= 4 is 11.6 Å². The minimum atomic E-state index is -0.623. The molecular weight excluding hydrogens is 335 g/mol. The molecule has 26 heavy (non-hydrogen) atoms. The van der Waals surface area contributed by atoms with E-state index in [0.717, 1.165) is 50.5 Å². The van der Waals surface area contributed by atoms with E-state index in [1.54, 1.807) is 6.07 Å². The summed E-state index contributed by atoms with van der Waals surface area (Å²) < 4.78 is 17.4. The van der Waals surface area contributed by atoms with E-state index in [0.29, 0.717) is 13.1 Å². The monoisotopic (exact) mass is 358 g/mol. The first-order valence-electron chi connectivity index (χ1n) is 9.06. The van der Waals surface area contributed by atoms with Crippen molar-refractivity contribution in [1.29, 1.82) is 0 Å². The SMILES string of the molecule is O=C(CN1CCN(Cc2cc(CF)on2)CC1)N1CCc2ccccc21. The molecule has 0 aliphatic carbocycles. The lowest BCUT2D eigenvalue weighted by atomic mass is 10.2. The predicted molar refractivity (Wildman–Crippen MR) is 95.5 cm³/mol. The predicted octanol–water partition coefficient (Wildman–Crippen LogP) is 1.85. The van der Waals surface area contributed by atoms with Gasteiger partial charge in [0.1, 0.15) is 6.67 Å². The molecule has 0 N–H and O–H groups in total. The number of benzene rings is 1. The second-order valence-corrected chi connectivity index (χ2v) is 6.89. The van der Waals surface area contributed by atoms with Gasteiger partial charge < -0.3 is 9.42 Å². The molecule has 7 heteroatoms. The van der Waals surface area contributed by atoms with Gasteiger partial charge in [-0.1, -0.05) is 23.4 Å². The third-order valence-corrected chi connectivity index (χ3v) is 5.14. The summed E-state index contributed by atoms with van der Waals surface area (Å²) in [5.41, 5.74) is 3.08. The fourth-order valence-corrected chi connectivity index (χ4v) is 3.70. The van der Waals surface area contributed by atoms with Crippen molar-refractivity contribution < 1.29 is 13.7 Å². The number of piperazine rings is 1. The van der Waals surface area contributed by atoms with Crippen LogP contribution in [0.15, 0.2) is 34.9 Å².